The van der Waals surface area contributed by atoms with Crippen molar-refractivity contribution >= 4 is 41.8 Å². The van der Waals surface area contributed by atoms with Gasteiger partial charge in [0.25, 0.3) is 0 Å². The van der Waals surface area contributed by atoms with Gasteiger partial charge in [0.2, 0.25) is 11.8 Å². The minimum absolute atomic E-state index is 0. The van der Waals surface area contributed by atoms with Gasteiger partial charge >= 0.3 is 0 Å². The summed E-state index contributed by atoms with van der Waals surface area (Å²) in [6.45, 7) is 9.92. The van der Waals surface area contributed by atoms with Crippen molar-refractivity contribution in [2.75, 3.05) is 46.4 Å². The highest BCUT2D eigenvalue weighted by molar-refractivity contribution is 14.0. The van der Waals surface area contributed by atoms with Crippen molar-refractivity contribution in [3.63, 3.8) is 0 Å². The molecule has 1 aliphatic rings. The third-order valence-electron chi connectivity index (χ3n) is 4.71. The number of methoxy groups -OCH3 is 1. The number of unbranched alkanes of at least 4 members (excludes halogenated alkanes) is 2. The van der Waals surface area contributed by atoms with Gasteiger partial charge < -0.3 is 25.6 Å². The number of amides is 2. The van der Waals surface area contributed by atoms with Crippen molar-refractivity contribution in [1.82, 2.24) is 15.1 Å². The second-order valence-electron chi connectivity index (χ2n) is 7.94. The Labute approximate surface area is 193 Å². The fourth-order valence-corrected chi connectivity index (χ4v) is 3.20. The highest BCUT2D eigenvalue weighted by Crippen LogP contribution is 2.10. The van der Waals surface area contributed by atoms with Crippen LogP contribution >= 0.6 is 24.0 Å². The fraction of sp³-hybridized carbons (Fsp3) is 0.850. The number of hydrogen-bond donors (Lipinski definition) is 2. The standard InChI is InChI=1S/C20H39N5O3.HI/c1-16(2)14-19(27)25-12-10-24(11-13-25)18(26)8-6-5-7-9-22-20(21)23-17(3)15-28-4;/h16-17H,5-15H2,1-4H3,(H3,21,22,23);1H. The summed E-state index contributed by atoms with van der Waals surface area (Å²) in [5.41, 5.74) is 5.82. The smallest absolute Gasteiger partial charge is 0.222 e. The van der Waals surface area contributed by atoms with E-state index in [1.54, 1.807) is 7.11 Å². The number of nitrogens with zero attached hydrogens (tertiary/aromatic N) is 3. The minimum atomic E-state index is 0. The van der Waals surface area contributed by atoms with E-state index in [9.17, 15) is 9.59 Å². The van der Waals surface area contributed by atoms with Crippen LogP contribution in [0.25, 0.3) is 0 Å². The molecule has 170 valence electrons. The molecule has 0 aromatic carbocycles. The number of ether oxygens (including phenoxy) is 1. The Morgan fingerprint density at radius 2 is 1.62 bits per heavy atom. The summed E-state index contributed by atoms with van der Waals surface area (Å²) in [6.07, 6.45) is 3.85. The second kappa shape index (κ2) is 15.7. The third-order valence-corrected chi connectivity index (χ3v) is 4.71. The van der Waals surface area contributed by atoms with Crippen molar-refractivity contribution in [1.29, 1.82) is 0 Å². The molecule has 0 saturated carbocycles. The molecular formula is C20H40IN5O3. The fourth-order valence-electron chi connectivity index (χ4n) is 3.20. The molecular weight excluding hydrogens is 485 g/mol. The molecule has 29 heavy (non-hydrogen) atoms. The molecule has 0 aromatic heterocycles. The van der Waals surface area contributed by atoms with E-state index in [-0.39, 0.29) is 41.8 Å². The summed E-state index contributed by atoms with van der Waals surface area (Å²) in [6, 6.07) is 0.132. The third kappa shape index (κ3) is 12.2. The van der Waals surface area contributed by atoms with Gasteiger partial charge in [0.15, 0.2) is 5.96 Å². The van der Waals surface area contributed by atoms with Crippen molar-refractivity contribution in [3.8, 4) is 0 Å². The van der Waals surface area contributed by atoms with E-state index in [1.807, 2.05) is 16.7 Å². The van der Waals surface area contributed by atoms with Gasteiger partial charge in [0.05, 0.1) is 6.61 Å². The summed E-state index contributed by atoms with van der Waals surface area (Å²) in [4.78, 5) is 32.5. The van der Waals surface area contributed by atoms with Gasteiger partial charge in [0, 0.05) is 58.7 Å². The Kier molecular flexibility index (Phi) is 15.1. The van der Waals surface area contributed by atoms with Gasteiger partial charge in [0.1, 0.15) is 0 Å². The van der Waals surface area contributed by atoms with E-state index in [1.165, 1.54) is 0 Å². The molecule has 1 fully saturated rings. The maximum absolute atomic E-state index is 12.3. The zero-order valence-electron chi connectivity index (χ0n) is 18.5. The lowest BCUT2D eigenvalue weighted by Crippen LogP contribution is -2.50. The van der Waals surface area contributed by atoms with Crippen LogP contribution in [0.3, 0.4) is 0 Å². The van der Waals surface area contributed by atoms with Crippen molar-refractivity contribution in [2.45, 2.75) is 58.9 Å². The number of rotatable bonds is 11. The van der Waals surface area contributed by atoms with E-state index in [4.69, 9.17) is 10.5 Å². The largest absolute Gasteiger partial charge is 0.383 e. The predicted octanol–water partition coefficient (Wildman–Crippen LogP) is 1.82. The zero-order chi connectivity index (χ0) is 20.9. The molecule has 0 aliphatic carbocycles. The summed E-state index contributed by atoms with van der Waals surface area (Å²) in [5.74, 6) is 1.20. The van der Waals surface area contributed by atoms with E-state index in [2.05, 4.69) is 24.2 Å². The van der Waals surface area contributed by atoms with Crippen LogP contribution in [-0.4, -0.2) is 80.1 Å². The topological polar surface area (TPSA) is 100 Å². The number of carbonyl (C=O) groups excluding carboxylic acids is 2. The number of hydrogen-bond acceptors (Lipinski definition) is 4. The van der Waals surface area contributed by atoms with E-state index < -0.39 is 0 Å². The van der Waals surface area contributed by atoms with Crippen LogP contribution in [-0.2, 0) is 14.3 Å². The highest BCUT2D eigenvalue weighted by atomic mass is 127. The first-order valence-electron chi connectivity index (χ1n) is 10.4. The molecule has 9 heteroatoms. The van der Waals surface area contributed by atoms with E-state index in [0.717, 1.165) is 19.3 Å². The minimum Gasteiger partial charge on any atom is -0.383 e. The molecule has 1 aliphatic heterocycles. The Balaban J connectivity index is 0.00000784. The number of piperazine rings is 1. The molecule has 1 heterocycles. The van der Waals surface area contributed by atoms with E-state index >= 15 is 0 Å². The summed E-state index contributed by atoms with van der Waals surface area (Å²) in [5, 5.41) is 3.07. The molecule has 0 bridgehead atoms. The van der Waals surface area contributed by atoms with E-state index in [0.29, 0.717) is 64.0 Å². The lowest BCUT2D eigenvalue weighted by atomic mass is 10.1. The van der Waals surface area contributed by atoms with Crippen LogP contribution < -0.4 is 11.1 Å². The lowest BCUT2D eigenvalue weighted by Gasteiger charge is -2.35. The van der Waals surface area contributed by atoms with Gasteiger partial charge in [-0.15, -0.1) is 24.0 Å². The number of carbonyl (C=O) groups is 2. The van der Waals surface area contributed by atoms with Crippen LogP contribution in [0.15, 0.2) is 4.99 Å². The Hall–Kier alpha value is -1.10. The van der Waals surface area contributed by atoms with Crippen LogP contribution in [0, 0.1) is 5.92 Å². The van der Waals surface area contributed by atoms with Crippen molar-refractivity contribution in [2.24, 2.45) is 16.6 Å². The molecule has 1 rings (SSSR count). The monoisotopic (exact) mass is 525 g/mol. The van der Waals surface area contributed by atoms with Gasteiger partial charge in [-0.2, -0.15) is 0 Å². The number of halogens is 1. The van der Waals surface area contributed by atoms with Crippen LogP contribution in [0.5, 0.6) is 0 Å². The quantitative estimate of drug-likeness (QED) is 0.186. The Bertz CT molecular complexity index is 508. The molecule has 1 saturated heterocycles. The molecule has 2 amide bonds. The highest BCUT2D eigenvalue weighted by Gasteiger charge is 2.23. The van der Waals surface area contributed by atoms with Gasteiger partial charge in [-0.3, -0.25) is 14.6 Å². The van der Waals surface area contributed by atoms with Crippen molar-refractivity contribution in [3.05, 3.63) is 0 Å². The molecule has 0 aromatic rings. The molecule has 0 radical (unpaired) electrons. The Morgan fingerprint density at radius 1 is 1.03 bits per heavy atom. The summed E-state index contributed by atoms with van der Waals surface area (Å²) < 4.78 is 5.04. The van der Waals surface area contributed by atoms with Crippen LogP contribution in [0.4, 0.5) is 0 Å². The van der Waals surface area contributed by atoms with Gasteiger partial charge in [-0.1, -0.05) is 20.3 Å². The normalized spacial score (nSPS) is 15.8. The molecule has 0 spiro atoms. The molecule has 1 unspecified atom stereocenters. The lowest BCUT2D eigenvalue weighted by molar-refractivity contribution is -0.140. The maximum atomic E-state index is 12.3. The van der Waals surface area contributed by atoms with Gasteiger partial charge in [-0.25, -0.2) is 0 Å². The summed E-state index contributed by atoms with van der Waals surface area (Å²) in [7, 11) is 1.65. The average Bonchev–Trinajstić information content (AvgIpc) is 2.64. The second-order valence-corrected chi connectivity index (χ2v) is 7.94. The Morgan fingerprint density at radius 3 is 2.17 bits per heavy atom. The first kappa shape index (κ1) is 27.9. The SMILES string of the molecule is COCC(C)NC(N)=NCCCCCC(=O)N1CCN(C(=O)CC(C)C)CC1.I. The van der Waals surface area contributed by atoms with Crippen LogP contribution in [0.2, 0.25) is 0 Å². The zero-order valence-corrected chi connectivity index (χ0v) is 20.8. The molecule has 1 atom stereocenters. The number of guanidine groups is 1. The molecule has 8 nitrogen and oxygen atoms in total. The van der Waals surface area contributed by atoms with Crippen molar-refractivity contribution < 1.29 is 14.3 Å². The predicted molar refractivity (Wildman–Crippen MR) is 127 cm³/mol. The molecule has 3 N–H and O–H groups in total. The number of aliphatic imine (C=N–C) groups is 1. The maximum Gasteiger partial charge on any atom is 0.222 e. The number of nitrogens with two attached hydrogens (primary N) is 1. The first-order chi connectivity index (χ1) is 13.3. The number of nitrogens with one attached hydrogen (secondary N) is 1. The average molecular weight is 525 g/mol. The van der Waals surface area contributed by atoms with Crippen LogP contribution in [0.1, 0.15) is 52.9 Å². The summed E-state index contributed by atoms with van der Waals surface area (Å²) >= 11 is 0. The van der Waals surface area contributed by atoms with Gasteiger partial charge in [-0.05, 0) is 25.7 Å². The first-order valence-corrected chi connectivity index (χ1v) is 10.4.